The van der Waals surface area contributed by atoms with E-state index in [0.717, 1.165) is 7.11 Å². The standard InChI is InChI=1S/C13H13F3O3/c1-19-11-9(15)7(6-8(14)10(11)16)13(12(17)18)4-2-3-5-13/h6H,2-5H2,1H3,(H,17,18). The first-order valence-corrected chi connectivity index (χ1v) is 5.89. The van der Waals surface area contributed by atoms with Crippen LogP contribution in [-0.4, -0.2) is 18.2 Å². The highest BCUT2D eigenvalue weighted by molar-refractivity contribution is 5.82. The third-order valence-electron chi connectivity index (χ3n) is 3.70. The molecular weight excluding hydrogens is 261 g/mol. The predicted molar refractivity (Wildman–Crippen MR) is 60.6 cm³/mol. The van der Waals surface area contributed by atoms with E-state index in [1.807, 2.05) is 0 Å². The molecule has 1 aromatic carbocycles. The van der Waals surface area contributed by atoms with Gasteiger partial charge in [0.25, 0.3) is 0 Å². The molecule has 19 heavy (non-hydrogen) atoms. The molecule has 2 rings (SSSR count). The molecule has 1 fully saturated rings. The molecule has 0 bridgehead atoms. The molecule has 0 spiro atoms. The zero-order valence-corrected chi connectivity index (χ0v) is 10.3. The zero-order chi connectivity index (χ0) is 14.2. The van der Waals surface area contributed by atoms with Crippen LogP contribution in [-0.2, 0) is 10.2 Å². The molecule has 0 saturated heterocycles. The second-order valence-electron chi connectivity index (χ2n) is 4.66. The normalized spacial score (nSPS) is 17.5. The van der Waals surface area contributed by atoms with Gasteiger partial charge >= 0.3 is 5.97 Å². The first-order chi connectivity index (χ1) is 8.94. The average molecular weight is 274 g/mol. The zero-order valence-electron chi connectivity index (χ0n) is 10.3. The highest BCUT2D eigenvalue weighted by Gasteiger charge is 2.46. The van der Waals surface area contributed by atoms with Crippen LogP contribution in [0.3, 0.4) is 0 Å². The van der Waals surface area contributed by atoms with Gasteiger partial charge in [0, 0.05) is 5.56 Å². The molecule has 0 atom stereocenters. The number of hydrogen-bond donors (Lipinski definition) is 1. The monoisotopic (exact) mass is 274 g/mol. The van der Waals surface area contributed by atoms with Crippen LogP contribution in [0.5, 0.6) is 5.75 Å². The van der Waals surface area contributed by atoms with E-state index in [4.69, 9.17) is 0 Å². The summed E-state index contributed by atoms with van der Waals surface area (Å²) in [4.78, 5) is 11.4. The van der Waals surface area contributed by atoms with Gasteiger partial charge < -0.3 is 9.84 Å². The number of aliphatic carboxylic acids is 1. The van der Waals surface area contributed by atoms with Crippen molar-refractivity contribution in [3.63, 3.8) is 0 Å². The first-order valence-electron chi connectivity index (χ1n) is 5.89. The minimum absolute atomic E-state index is 0.202. The van der Waals surface area contributed by atoms with Gasteiger partial charge in [-0.15, -0.1) is 0 Å². The highest BCUT2D eigenvalue weighted by Crippen LogP contribution is 2.44. The van der Waals surface area contributed by atoms with Crippen LogP contribution in [0.15, 0.2) is 6.07 Å². The fourth-order valence-electron chi connectivity index (χ4n) is 2.68. The average Bonchev–Trinajstić information content (AvgIpc) is 2.85. The van der Waals surface area contributed by atoms with Crippen LogP contribution >= 0.6 is 0 Å². The van der Waals surface area contributed by atoms with Crippen LogP contribution < -0.4 is 4.74 Å². The summed E-state index contributed by atoms with van der Waals surface area (Å²) >= 11 is 0. The molecule has 0 radical (unpaired) electrons. The van der Waals surface area contributed by atoms with Crippen molar-refractivity contribution >= 4 is 5.97 Å². The Kier molecular flexibility index (Phi) is 3.43. The molecule has 104 valence electrons. The first kappa shape index (κ1) is 13.7. The summed E-state index contributed by atoms with van der Waals surface area (Å²) in [6.07, 6.45) is 1.61. The summed E-state index contributed by atoms with van der Waals surface area (Å²) in [6, 6.07) is 0.632. The second kappa shape index (κ2) is 4.75. The van der Waals surface area contributed by atoms with Gasteiger partial charge in [0.15, 0.2) is 17.4 Å². The molecular formula is C13H13F3O3. The number of carboxylic acids is 1. The molecule has 1 aliphatic carbocycles. The van der Waals surface area contributed by atoms with Crippen molar-refractivity contribution in [2.24, 2.45) is 0 Å². The number of ether oxygens (including phenoxy) is 1. The van der Waals surface area contributed by atoms with E-state index in [2.05, 4.69) is 4.74 Å². The third-order valence-corrected chi connectivity index (χ3v) is 3.70. The SMILES string of the molecule is COc1c(F)c(F)cc(C2(C(=O)O)CCCC2)c1F. The van der Waals surface area contributed by atoms with Gasteiger partial charge in [-0.1, -0.05) is 12.8 Å². The Bertz CT molecular complexity index is 522. The number of rotatable bonds is 3. The molecule has 1 saturated carbocycles. The second-order valence-corrected chi connectivity index (χ2v) is 4.66. The van der Waals surface area contributed by atoms with Crippen LogP contribution in [0, 0.1) is 17.5 Å². The van der Waals surface area contributed by atoms with Crippen molar-refractivity contribution in [2.75, 3.05) is 7.11 Å². The molecule has 0 unspecified atom stereocenters. The molecule has 1 N–H and O–H groups in total. The number of benzene rings is 1. The Labute approximate surface area is 108 Å². The molecule has 1 aromatic rings. The lowest BCUT2D eigenvalue weighted by atomic mass is 9.78. The molecule has 0 amide bonds. The Morgan fingerprint density at radius 3 is 2.32 bits per heavy atom. The van der Waals surface area contributed by atoms with Crippen molar-refractivity contribution in [3.8, 4) is 5.75 Å². The van der Waals surface area contributed by atoms with Crippen molar-refractivity contribution in [2.45, 2.75) is 31.1 Å². The topological polar surface area (TPSA) is 46.5 Å². The van der Waals surface area contributed by atoms with E-state index in [9.17, 15) is 23.1 Å². The number of methoxy groups -OCH3 is 1. The summed E-state index contributed by atoms with van der Waals surface area (Å²) in [7, 11) is 1.01. The summed E-state index contributed by atoms with van der Waals surface area (Å²) in [6.45, 7) is 0. The Balaban J connectivity index is 2.68. The fraction of sp³-hybridized carbons (Fsp3) is 0.462. The van der Waals surface area contributed by atoms with Crippen LogP contribution in [0.25, 0.3) is 0 Å². The van der Waals surface area contributed by atoms with E-state index in [-0.39, 0.29) is 18.4 Å². The maximum Gasteiger partial charge on any atom is 0.314 e. The summed E-state index contributed by atoms with van der Waals surface area (Å²) in [5, 5.41) is 9.34. The smallest absolute Gasteiger partial charge is 0.314 e. The van der Waals surface area contributed by atoms with Gasteiger partial charge in [-0.05, 0) is 18.9 Å². The quantitative estimate of drug-likeness (QED) is 0.862. The van der Waals surface area contributed by atoms with E-state index >= 15 is 0 Å². The Morgan fingerprint density at radius 2 is 1.84 bits per heavy atom. The predicted octanol–water partition coefficient (Wildman–Crippen LogP) is 3.01. The fourth-order valence-corrected chi connectivity index (χ4v) is 2.68. The summed E-state index contributed by atoms with van der Waals surface area (Å²) in [5.41, 5.74) is -1.83. The van der Waals surface area contributed by atoms with Crippen molar-refractivity contribution < 1.29 is 27.8 Å². The van der Waals surface area contributed by atoms with Gasteiger partial charge in [-0.2, -0.15) is 4.39 Å². The van der Waals surface area contributed by atoms with Crippen LogP contribution in [0.4, 0.5) is 13.2 Å². The summed E-state index contributed by atoms with van der Waals surface area (Å²) < 4.78 is 45.5. The number of halogens is 3. The van der Waals surface area contributed by atoms with Gasteiger partial charge in [0.1, 0.15) is 0 Å². The van der Waals surface area contributed by atoms with E-state index in [1.165, 1.54) is 0 Å². The molecule has 0 aliphatic heterocycles. The Morgan fingerprint density at radius 1 is 1.26 bits per heavy atom. The highest BCUT2D eigenvalue weighted by atomic mass is 19.2. The number of carbonyl (C=O) groups is 1. The molecule has 0 heterocycles. The van der Waals surface area contributed by atoms with Crippen molar-refractivity contribution in [1.82, 2.24) is 0 Å². The summed E-state index contributed by atoms with van der Waals surface area (Å²) in [5.74, 6) is -5.98. The van der Waals surface area contributed by atoms with Crippen LogP contribution in [0.1, 0.15) is 31.2 Å². The van der Waals surface area contributed by atoms with Gasteiger partial charge in [-0.3, -0.25) is 4.79 Å². The molecule has 3 nitrogen and oxygen atoms in total. The van der Waals surface area contributed by atoms with Gasteiger partial charge in [0.05, 0.1) is 12.5 Å². The third kappa shape index (κ3) is 1.95. The van der Waals surface area contributed by atoms with Crippen molar-refractivity contribution in [1.29, 1.82) is 0 Å². The molecule has 6 heteroatoms. The lowest BCUT2D eigenvalue weighted by Crippen LogP contribution is -2.34. The van der Waals surface area contributed by atoms with Crippen molar-refractivity contribution in [3.05, 3.63) is 29.1 Å². The largest absolute Gasteiger partial charge is 0.491 e. The van der Waals surface area contributed by atoms with Gasteiger partial charge in [-0.25, -0.2) is 8.78 Å². The maximum absolute atomic E-state index is 14.2. The lowest BCUT2D eigenvalue weighted by Gasteiger charge is -2.25. The molecule has 1 aliphatic rings. The van der Waals surface area contributed by atoms with Crippen LogP contribution in [0.2, 0.25) is 0 Å². The Hall–Kier alpha value is -1.72. The van der Waals surface area contributed by atoms with E-state index in [0.29, 0.717) is 18.9 Å². The number of carboxylic acid groups (broad SMARTS) is 1. The molecule has 0 aromatic heterocycles. The lowest BCUT2D eigenvalue weighted by molar-refractivity contribution is -0.143. The van der Waals surface area contributed by atoms with Gasteiger partial charge in [0.2, 0.25) is 5.82 Å². The van der Waals surface area contributed by atoms with E-state index < -0.39 is 34.6 Å². The number of hydrogen-bond acceptors (Lipinski definition) is 2. The van der Waals surface area contributed by atoms with E-state index in [1.54, 1.807) is 0 Å². The minimum atomic E-state index is -1.49. The maximum atomic E-state index is 14.2. The minimum Gasteiger partial charge on any atom is -0.491 e.